The number of rotatable bonds is 4. The van der Waals surface area contributed by atoms with Crippen LogP contribution in [0.3, 0.4) is 0 Å². The molecule has 0 unspecified atom stereocenters. The van der Waals surface area contributed by atoms with Crippen LogP contribution in [-0.2, 0) is 22.0 Å². The van der Waals surface area contributed by atoms with Crippen molar-refractivity contribution in [2.45, 2.75) is 0 Å². The molecule has 5 N–H and O–H groups in total. The van der Waals surface area contributed by atoms with E-state index in [-0.39, 0.29) is 17.2 Å². The molecule has 0 atom stereocenters. The highest BCUT2D eigenvalue weighted by molar-refractivity contribution is 7.91. The molecule has 11 nitrogen and oxygen atoms in total. The molecule has 106 valence electrons. The first kappa shape index (κ1) is 14.6. The number of nitrogens with zero attached hydrogens (tertiary/aromatic N) is 3. The predicted molar refractivity (Wildman–Crippen MR) is 63.8 cm³/mol. The van der Waals surface area contributed by atoms with Gasteiger partial charge < -0.3 is 15.7 Å². The Hall–Kier alpha value is -2.50. The second kappa shape index (κ2) is 5.43. The van der Waals surface area contributed by atoms with Crippen LogP contribution in [0.15, 0.2) is 11.4 Å². The Morgan fingerprint density at radius 2 is 2.26 bits per heavy atom. The molecule has 0 spiro atoms. The van der Waals surface area contributed by atoms with Gasteiger partial charge in [-0.1, -0.05) is 5.16 Å². The summed E-state index contributed by atoms with van der Waals surface area (Å²) in [6, 6.07) is 0. The van der Waals surface area contributed by atoms with E-state index in [2.05, 4.69) is 15.0 Å². The van der Waals surface area contributed by atoms with Crippen molar-refractivity contribution in [3.63, 3.8) is 0 Å². The molecule has 1 aromatic heterocycles. The van der Waals surface area contributed by atoms with Crippen LogP contribution in [0.2, 0.25) is 0 Å². The van der Waals surface area contributed by atoms with Gasteiger partial charge in [-0.2, -0.15) is 13.5 Å². The summed E-state index contributed by atoms with van der Waals surface area (Å²) in [4.78, 5) is 10.9. The molecule has 0 aliphatic heterocycles. The van der Waals surface area contributed by atoms with Crippen molar-refractivity contribution in [1.29, 1.82) is 0 Å². The van der Waals surface area contributed by atoms with Gasteiger partial charge in [-0.05, 0) is 0 Å². The standard InChI is InChI=1S/C7H12N6O5S/c1-13-6(4(3-9-13)5(8)10-15)11-19(16,17)12-7(14)18-2/h3,11,15H,1-2H3,(H2,8,10)(H,12,14). The number of hydrogen-bond donors (Lipinski definition) is 4. The van der Waals surface area contributed by atoms with Gasteiger partial charge in [0.15, 0.2) is 5.84 Å². The lowest BCUT2D eigenvalue weighted by atomic mass is 10.3. The van der Waals surface area contributed by atoms with E-state index in [0.29, 0.717) is 0 Å². The Bertz CT molecular complexity index is 605. The minimum Gasteiger partial charge on any atom is -0.452 e. The van der Waals surface area contributed by atoms with E-state index < -0.39 is 16.3 Å². The fourth-order valence-corrected chi connectivity index (χ4v) is 1.95. The number of anilines is 1. The molecule has 0 aromatic carbocycles. The molecule has 1 heterocycles. The van der Waals surface area contributed by atoms with Crippen molar-refractivity contribution in [2.24, 2.45) is 17.9 Å². The highest BCUT2D eigenvalue weighted by Gasteiger charge is 2.20. The number of hydrogen-bond acceptors (Lipinski definition) is 7. The number of aromatic nitrogens is 2. The van der Waals surface area contributed by atoms with Crippen LogP contribution < -0.4 is 15.2 Å². The number of aryl methyl sites for hydroxylation is 1. The van der Waals surface area contributed by atoms with Crippen molar-refractivity contribution >= 4 is 28.0 Å². The van der Waals surface area contributed by atoms with Crippen LogP contribution in [0, 0.1) is 0 Å². The van der Waals surface area contributed by atoms with Crippen LogP contribution in [0.4, 0.5) is 10.6 Å². The van der Waals surface area contributed by atoms with Gasteiger partial charge in [-0.25, -0.2) is 14.2 Å². The number of carbonyl (C=O) groups excluding carboxylic acids is 1. The summed E-state index contributed by atoms with van der Waals surface area (Å²) in [7, 11) is -1.80. The zero-order valence-corrected chi connectivity index (χ0v) is 10.8. The van der Waals surface area contributed by atoms with E-state index >= 15 is 0 Å². The van der Waals surface area contributed by atoms with Crippen molar-refractivity contribution in [3.05, 3.63) is 11.8 Å². The normalized spacial score (nSPS) is 12.0. The Labute approximate surface area is 108 Å². The molecule has 0 radical (unpaired) electrons. The maximum atomic E-state index is 11.6. The zero-order chi connectivity index (χ0) is 14.6. The highest BCUT2D eigenvalue weighted by atomic mass is 32.2. The number of oxime groups is 1. The molecule has 12 heteroatoms. The van der Waals surface area contributed by atoms with Crippen LogP contribution in [0.1, 0.15) is 5.56 Å². The van der Waals surface area contributed by atoms with E-state index in [0.717, 1.165) is 11.8 Å². The zero-order valence-electron chi connectivity index (χ0n) is 9.98. The Morgan fingerprint density at radius 3 is 2.79 bits per heavy atom. The second-order valence-electron chi connectivity index (χ2n) is 3.21. The molecule has 0 aliphatic carbocycles. The molecule has 1 amide bonds. The first-order chi connectivity index (χ1) is 8.80. The van der Waals surface area contributed by atoms with Gasteiger partial charge in [0.25, 0.3) is 0 Å². The number of methoxy groups -OCH3 is 1. The Balaban J connectivity index is 3.06. The van der Waals surface area contributed by atoms with Gasteiger partial charge in [0.05, 0.1) is 18.9 Å². The number of amidine groups is 1. The van der Waals surface area contributed by atoms with Crippen LogP contribution >= 0.6 is 0 Å². The van der Waals surface area contributed by atoms with E-state index in [9.17, 15) is 13.2 Å². The van der Waals surface area contributed by atoms with Crippen LogP contribution in [0.5, 0.6) is 0 Å². The Morgan fingerprint density at radius 1 is 1.63 bits per heavy atom. The molecule has 0 fully saturated rings. The van der Waals surface area contributed by atoms with Crippen molar-refractivity contribution in [1.82, 2.24) is 14.5 Å². The van der Waals surface area contributed by atoms with Gasteiger partial charge in [0.1, 0.15) is 5.82 Å². The van der Waals surface area contributed by atoms with E-state index in [1.165, 1.54) is 13.2 Å². The molecular formula is C7H12N6O5S. The van der Waals surface area contributed by atoms with Gasteiger partial charge in [0, 0.05) is 7.05 Å². The third kappa shape index (κ3) is 3.48. The maximum absolute atomic E-state index is 11.6. The molecule has 0 saturated heterocycles. The largest absolute Gasteiger partial charge is 0.452 e. The fourth-order valence-electron chi connectivity index (χ4n) is 1.10. The summed E-state index contributed by atoms with van der Waals surface area (Å²) in [5.41, 5.74) is 5.40. The summed E-state index contributed by atoms with van der Waals surface area (Å²) in [5.74, 6) is -0.435. The first-order valence-corrected chi connectivity index (χ1v) is 6.17. The number of carbonyl (C=O) groups is 1. The quantitative estimate of drug-likeness (QED) is 0.228. The lowest BCUT2D eigenvalue weighted by Crippen LogP contribution is -2.36. The van der Waals surface area contributed by atoms with E-state index in [1.807, 2.05) is 4.72 Å². The summed E-state index contributed by atoms with van der Waals surface area (Å²) < 4.78 is 32.0. The number of amides is 1. The van der Waals surface area contributed by atoms with Gasteiger partial charge in [0.2, 0.25) is 0 Å². The summed E-state index contributed by atoms with van der Waals surface area (Å²) in [5, 5.41) is 15.0. The second-order valence-corrected chi connectivity index (χ2v) is 4.63. The topological polar surface area (TPSA) is 161 Å². The summed E-state index contributed by atoms with van der Waals surface area (Å²) >= 11 is 0. The molecule has 1 rings (SSSR count). The van der Waals surface area contributed by atoms with Crippen molar-refractivity contribution in [3.8, 4) is 0 Å². The smallest absolute Gasteiger partial charge is 0.422 e. The number of ether oxygens (including phenoxy) is 1. The average molecular weight is 292 g/mol. The summed E-state index contributed by atoms with van der Waals surface area (Å²) in [6.07, 6.45) is 0.0189. The lowest BCUT2D eigenvalue weighted by Gasteiger charge is -2.10. The molecule has 0 aliphatic rings. The molecule has 1 aromatic rings. The molecular weight excluding hydrogens is 280 g/mol. The third-order valence-corrected chi connectivity index (χ3v) is 2.85. The fraction of sp³-hybridized carbons (Fsp3) is 0.286. The molecule has 0 saturated carbocycles. The SMILES string of the molecule is COC(=O)NS(=O)(=O)Nc1c(C(N)=NO)cnn1C. The number of nitrogens with one attached hydrogen (secondary N) is 2. The first-order valence-electron chi connectivity index (χ1n) is 4.69. The van der Waals surface area contributed by atoms with Gasteiger partial charge in [-0.3, -0.25) is 4.68 Å². The van der Waals surface area contributed by atoms with Crippen molar-refractivity contribution < 1.29 is 23.2 Å². The van der Waals surface area contributed by atoms with Gasteiger partial charge in [-0.15, -0.1) is 0 Å². The highest BCUT2D eigenvalue weighted by Crippen LogP contribution is 2.14. The lowest BCUT2D eigenvalue weighted by molar-refractivity contribution is 0.177. The Kier molecular flexibility index (Phi) is 4.16. The minimum absolute atomic E-state index is 0.0419. The third-order valence-electron chi connectivity index (χ3n) is 1.96. The minimum atomic E-state index is -4.23. The average Bonchev–Trinajstić information content (AvgIpc) is 2.69. The van der Waals surface area contributed by atoms with E-state index in [1.54, 1.807) is 4.72 Å². The van der Waals surface area contributed by atoms with Crippen LogP contribution in [-0.4, -0.2) is 42.4 Å². The van der Waals surface area contributed by atoms with Crippen molar-refractivity contribution in [2.75, 3.05) is 11.8 Å². The maximum Gasteiger partial charge on any atom is 0.422 e. The monoisotopic (exact) mass is 292 g/mol. The predicted octanol–water partition coefficient (Wildman–Crippen LogP) is -1.47. The van der Waals surface area contributed by atoms with Gasteiger partial charge >= 0.3 is 16.3 Å². The summed E-state index contributed by atoms with van der Waals surface area (Å²) in [6.45, 7) is 0. The number of nitrogens with two attached hydrogens (primary N) is 1. The van der Waals surface area contributed by atoms with E-state index in [4.69, 9.17) is 10.9 Å². The van der Waals surface area contributed by atoms with Crippen LogP contribution in [0.25, 0.3) is 0 Å². The molecule has 0 bridgehead atoms. The molecule has 19 heavy (non-hydrogen) atoms.